The van der Waals surface area contributed by atoms with Gasteiger partial charge in [0.2, 0.25) is 5.91 Å². The van der Waals surface area contributed by atoms with E-state index >= 15 is 0 Å². The van der Waals surface area contributed by atoms with Crippen LogP contribution >= 0.6 is 0 Å². The van der Waals surface area contributed by atoms with Crippen LogP contribution in [0.3, 0.4) is 0 Å². The third kappa shape index (κ3) is 4.22. The first-order chi connectivity index (χ1) is 12.6. The summed E-state index contributed by atoms with van der Waals surface area (Å²) in [6, 6.07) is 9.46. The zero-order valence-electron chi connectivity index (χ0n) is 14.9. The molecule has 7 heteroatoms. The maximum absolute atomic E-state index is 12.8. The van der Waals surface area contributed by atoms with Crippen molar-refractivity contribution < 1.29 is 19.4 Å². The molecule has 2 heterocycles. The molecule has 138 valence electrons. The number of carbonyl (C=O) groups is 2. The molecular formula is C19H23N3O4. The average Bonchev–Trinajstić information content (AvgIpc) is 2.90. The second-order valence-corrected chi connectivity index (χ2v) is 6.40. The average molecular weight is 357 g/mol. The minimum atomic E-state index is -0.832. The second kappa shape index (κ2) is 8.03. The number of nitrogens with zero attached hydrogens (tertiary/aromatic N) is 3. The van der Waals surface area contributed by atoms with E-state index in [0.29, 0.717) is 25.9 Å². The van der Waals surface area contributed by atoms with E-state index < -0.39 is 5.97 Å². The van der Waals surface area contributed by atoms with Crippen molar-refractivity contribution in [1.82, 2.24) is 14.7 Å². The molecule has 0 unspecified atom stereocenters. The minimum absolute atomic E-state index is 0.0521. The number of ether oxygens (including phenoxy) is 1. The number of methoxy groups -OCH3 is 1. The van der Waals surface area contributed by atoms with Gasteiger partial charge in [0, 0.05) is 25.1 Å². The molecule has 2 aromatic rings. The number of aliphatic carboxylic acids is 1. The Morgan fingerprint density at radius 3 is 2.85 bits per heavy atom. The predicted molar refractivity (Wildman–Crippen MR) is 94.9 cm³/mol. The van der Waals surface area contributed by atoms with E-state index in [2.05, 4.69) is 5.10 Å². The summed E-state index contributed by atoms with van der Waals surface area (Å²) in [6.07, 6.45) is 1.59. The summed E-state index contributed by atoms with van der Waals surface area (Å²) in [7, 11) is 1.60. The number of aromatic nitrogens is 2. The summed E-state index contributed by atoms with van der Waals surface area (Å²) in [6.45, 7) is 1.91. The van der Waals surface area contributed by atoms with Crippen molar-refractivity contribution >= 4 is 11.9 Å². The Labute approximate surface area is 152 Å². The van der Waals surface area contributed by atoms with Crippen molar-refractivity contribution in [3.8, 4) is 5.75 Å². The van der Waals surface area contributed by atoms with Crippen LogP contribution in [0.25, 0.3) is 0 Å². The zero-order chi connectivity index (χ0) is 18.5. The third-order valence-corrected chi connectivity index (χ3v) is 4.55. The van der Waals surface area contributed by atoms with Crippen LogP contribution in [0.2, 0.25) is 0 Å². The standard InChI is InChI=1S/C19H23N3O4/c1-26-17-6-3-2-5-14(17)11-18(23)21-9-4-10-22-16(13-21)12-15(20-22)7-8-19(24)25/h2-3,5-6,12H,4,7-11,13H2,1H3,(H,24,25). The summed E-state index contributed by atoms with van der Waals surface area (Å²) in [5, 5.41) is 13.3. The number of para-hydroxylation sites is 1. The van der Waals surface area contributed by atoms with Gasteiger partial charge in [-0.15, -0.1) is 0 Å². The molecule has 3 rings (SSSR count). The summed E-state index contributed by atoms with van der Waals surface area (Å²) < 4.78 is 7.23. The first-order valence-corrected chi connectivity index (χ1v) is 8.74. The van der Waals surface area contributed by atoms with E-state index in [1.54, 1.807) is 7.11 Å². The highest BCUT2D eigenvalue weighted by molar-refractivity contribution is 5.79. The van der Waals surface area contributed by atoms with Crippen LogP contribution in [0.4, 0.5) is 0 Å². The Balaban J connectivity index is 1.69. The molecule has 0 saturated carbocycles. The van der Waals surface area contributed by atoms with Crippen LogP contribution in [0.15, 0.2) is 30.3 Å². The number of aryl methyl sites for hydroxylation is 2. The van der Waals surface area contributed by atoms with Gasteiger partial charge in [0.1, 0.15) is 5.75 Å². The van der Waals surface area contributed by atoms with Crippen LogP contribution in [0.5, 0.6) is 5.75 Å². The van der Waals surface area contributed by atoms with Gasteiger partial charge in [-0.3, -0.25) is 14.3 Å². The lowest BCUT2D eigenvalue weighted by Gasteiger charge is -2.20. The first-order valence-electron chi connectivity index (χ1n) is 8.74. The second-order valence-electron chi connectivity index (χ2n) is 6.40. The molecule has 1 aliphatic rings. The van der Waals surface area contributed by atoms with Crippen molar-refractivity contribution in [2.45, 2.75) is 38.8 Å². The molecule has 1 aromatic heterocycles. The molecule has 0 fully saturated rings. The third-order valence-electron chi connectivity index (χ3n) is 4.55. The van der Waals surface area contributed by atoms with E-state index in [1.165, 1.54) is 0 Å². The Morgan fingerprint density at radius 2 is 2.08 bits per heavy atom. The molecule has 0 radical (unpaired) electrons. The van der Waals surface area contributed by atoms with E-state index in [4.69, 9.17) is 9.84 Å². The number of benzene rings is 1. The van der Waals surface area contributed by atoms with Gasteiger partial charge in [-0.05, 0) is 18.6 Å². The van der Waals surface area contributed by atoms with Crippen LogP contribution in [-0.2, 0) is 35.5 Å². The maximum Gasteiger partial charge on any atom is 0.303 e. The monoisotopic (exact) mass is 357 g/mol. The smallest absolute Gasteiger partial charge is 0.303 e. The lowest BCUT2D eigenvalue weighted by Crippen LogP contribution is -2.32. The molecule has 1 amide bonds. The largest absolute Gasteiger partial charge is 0.496 e. The first kappa shape index (κ1) is 18.0. The van der Waals surface area contributed by atoms with Crippen molar-refractivity contribution in [3.63, 3.8) is 0 Å². The molecule has 0 spiro atoms. The van der Waals surface area contributed by atoms with Crippen LogP contribution in [0, 0.1) is 0 Å². The van der Waals surface area contributed by atoms with Gasteiger partial charge in [0.25, 0.3) is 0 Å². The van der Waals surface area contributed by atoms with E-state index in [0.717, 1.165) is 35.7 Å². The summed E-state index contributed by atoms with van der Waals surface area (Å²) in [5.74, 6) is -0.0605. The number of fused-ring (bicyclic) bond motifs is 1. The van der Waals surface area contributed by atoms with E-state index in [9.17, 15) is 9.59 Å². The van der Waals surface area contributed by atoms with E-state index in [1.807, 2.05) is 39.9 Å². The Hall–Kier alpha value is -2.83. The van der Waals surface area contributed by atoms with Gasteiger partial charge in [-0.2, -0.15) is 5.10 Å². The van der Waals surface area contributed by atoms with E-state index in [-0.39, 0.29) is 12.3 Å². The Morgan fingerprint density at radius 1 is 1.27 bits per heavy atom. The highest BCUT2D eigenvalue weighted by Gasteiger charge is 2.21. The highest BCUT2D eigenvalue weighted by Crippen LogP contribution is 2.20. The molecule has 1 aliphatic heterocycles. The van der Waals surface area contributed by atoms with Gasteiger partial charge < -0.3 is 14.7 Å². The molecular weight excluding hydrogens is 334 g/mol. The normalized spacial score (nSPS) is 13.8. The van der Waals surface area contributed by atoms with Gasteiger partial charge in [0.15, 0.2) is 0 Å². The molecule has 0 bridgehead atoms. The molecule has 1 N–H and O–H groups in total. The van der Waals surface area contributed by atoms with Crippen molar-refractivity contribution in [2.24, 2.45) is 0 Å². The van der Waals surface area contributed by atoms with Crippen LogP contribution in [-0.4, -0.2) is 45.3 Å². The fraction of sp³-hybridized carbons (Fsp3) is 0.421. The zero-order valence-corrected chi connectivity index (χ0v) is 14.9. The number of hydrogen-bond acceptors (Lipinski definition) is 4. The molecule has 1 aromatic carbocycles. The highest BCUT2D eigenvalue weighted by atomic mass is 16.5. The maximum atomic E-state index is 12.8. The van der Waals surface area contributed by atoms with Crippen LogP contribution < -0.4 is 4.74 Å². The number of carboxylic acids is 1. The van der Waals surface area contributed by atoms with Crippen molar-refractivity contribution in [2.75, 3.05) is 13.7 Å². The summed E-state index contributed by atoms with van der Waals surface area (Å²) >= 11 is 0. The van der Waals surface area contributed by atoms with Gasteiger partial charge in [0.05, 0.1) is 37.9 Å². The fourth-order valence-corrected chi connectivity index (χ4v) is 3.22. The van der Waals surface area contributed by atoms with Crippen molar-refractivity contribution in [1.29, 1.82) is 0 Å². The lowest BCUT2D eigenvalue weighted by molar-refractivity contribution is -0.137. The quantitative estimate of drug-likeness (QED) is 0.853. The molecule has 0 atom stereocenters. The number of carboxylic acid groups (broad SMARTS) is 1. The molecule has 7 nitrogen and oxygen atoms in total. The lowest BCUT2D eigenvalue weighted by atomic mass is 10.1. The van der Waals surface area contributed by atoms with Gasteiger partial charge >= 0.3 is 5.97 Å². The van der Waals surface area contributed by atoms with Gasteiger partial charge in [-0.1, -0.05) is 18.2 Å². The summed E-state index contributed by atoms with van der Waals surface area (Å²) in [4.78, 5) is 25.4. The predicted octanol–water partition coefficient (Wildman–Crippen LogP) is 1.88. The Kier molecular flexibility index (Phi) is 5.55. The molecule has 26 heavy (non-hydrogen) atoms. The Bertz CT molecular complexity index is 800. The van der Waals surface area contributed by atoms with Crippen molar-refractivity contribution in [3.05, 3.63) is 47.3 Å². The SMILES string of the molecule is COc1ccccc1CC(=O)N1CCCn2nc(CCC(=O)O)cc2C1. The van der Waals surface area contributed by atoms with Gasteiger partial charge in [-0.25, -0.2) is 0 Å². The number of carbonyl (C=O) groups excluding carboxylic acids is 1. The van der Waals surface area contributed by atoms with Crippen LogP contribution in [0.1, 0.15) is 29.8 Å². The molecule has 0 saturated heterocycles. The number of rotatable bonds is 6. The topological polar surface area (TPSA) is 84.7 Å². The number of amides is 1. The molecule has 0 aliphatic carbocycles. The summed E-state index contributed by atoms with van der Waals surface area (Å²) in [5.41, 5.74) is 2.59. The number of hydrogen-bond donors (Lipinski definition) is 1. The minimum Gasteiger partial charge on any atom is -0.496 e. The fourth-order valence-electron chi connectivity index (χ4n) is 3.22.